The summed E-state index contributed by atoms with van der Waals surface area (Å²) in [7, 11) is 0. The Hall–Kier alpha value is -1.13. The Kier molecular flexibility index (Phi) is 8.23. The first-order chi connectivity index (χ1) is 9.61. The van der Waals surface area contributed by atoms with Crippen LogP contribution in [0.4, 0.5) is 10.1 Å². The molecule has 0 fully saturated rings. The van der Waals surface area contributed by atoms with Gasteiger partial charge in [0.25, 0.3) is 0 Å². The molecule has 4 heteroatoms. The number of hydrogen-bond donors (Lipinski definition) is 2. The van der Waals surface area contributed by atoms with E-state index in [-0.39, 0.29) is 5.82 Å². The Morgan fingerprint density at radius 3 is 2.75 bits per heavy atom. The molecular formula is C16H26FNO2. The number of nitrogens with one attached hydrogen (secondary N) is 1. The summed E-state index contributed by atoms with van der Waals surface area (Å²) in [4.78, 5) is 0. The van der Waals surface area contributed by atoms with Crippen molar-refractivity contribution in [3.63, 3.8) is 0 Å². The average Bonchev–Trinajstić information content (AvgIpc) is 2.39. The number of aryl methyl sites for hydroxylation is 1. The molecule has 0 amide bonds. The van der Waals surface area contributed by atoms with Gasteiger partial charge in [0.05, 0.1) is 12.7 Å². The van der Waals surface area contributed by atoms with Gasteiger partial charge < -0.3 is 15.2 Å². The smallest absolute Gasteiger partial charge is 0.125 e. The predicted octanol–water partition coefficient (Wildman–Crippen LogP) is 3.50. The Balaban J connectivity index is 2.14. The third-order valence-electron chi connectivity index (χ3n) is 3.04. The Bertz CT molecular complexity index is 364. The van der Waals surface area contributed by atoms with Crippen molar-refractivity contribution in [3.05, 3.63) is 29.6 Å². The van der Waals surface area contributed by atoms with Crippen LogP contribution in [0, 0.1) is 12.7 Å². The number of hydrogen-bond acceptors (Lipinski definition) is 3. The summed E-state index contributed by atoms with van der Waals surface area (Å²) in [5.74, 6) is -0.269. The maximum Gasteiger partial charge on any atom is 0.125 e. The number of rotatable bonds is 10. The molecule has 0 heterocycles. The maximum absolute atomic E-state index is 13.2. The third-order valence-corrected chi connectivity index (χ3v) is 3.04. The summed E-state index contributed by atoms with van der Waals surface area (Å²) in [6, 6.07) is 4.74. The van der Waals surface area contributed by atoms with E-state index in [9.17, 15) is 9.50 Å². The number of aliphatic hydroxyl groups excluding tert-OH is 1. The fourth-order valence-corrected chi connectivity index (χ4v) is 1.98. The van der Waals surface area contributed by atoms with E-state index in [1.807, 2.05) is 13.0 Å². The summed E-state index contributed by atoms with van der Waals surface area (Å²) in [6.07, 6.45) is 4.07. The molecule has 0 radical (unpaired) electrons. The lowest BCUT2D eigenvalue weighted by molar-refractivity contribution is 0.0417. The van der Waals surface area contributed by atoms with Gasteiger partial charge in [-0.1, -0.05) is 26.2 Å². The summed E-state index contributed by atoms with van der Waals surface area (Å²) in [6.45, 7) is 5.37. The molecule has 1 atom stereocenters. The molecule has 0 aromatic heterocycles. The van der Waals surface area contributed by atoms with Crippen molar-refractivity contribution >= 4 is 5.69 Å². The molecule has 1 rings (SSSR count). The third kappa shape index (κ3) is 7.46. The molecule has 1 aromatic rings. The highest BCUT2D eigenvalue weighted by Gasteiger charge is 2.05. The molecule has 0 aliphatic rings. The Morgan fingerprint density at radius 2 is 2.05 bits per heavy atom. The fraction of sp³-hybridized carbons (Fsp3) is 0.625. The van der Waals surface area contributed by atoms with Crippen LogP contribution >= 0.6 is 0 Å². The molecule has 114 valence electrons. The first-order valence-corrected chi connectivity index (χ1v) is 7.38. The van der Waals surface area contributed by atoms with Crippen molar-refractivity contribution < 1.29 is 14.2 Å². The van der Waals surface area contributed by atoms with E-state index >= 15 is 0 Å². The Labute approximate surface area is 121 Å². The van der Waals surface area contributed by atoms with E-state index in [0.717, 1.165) is 12.0 Å². The largest absolute Gasteiger partial charge is 0.389 e. The molecule has 20 heavy (non-hydrogen) atoms. The van der Waals surface area contributed by atoms with Crippen LogP contribution in [0.2, 0.25) is 0 Å². The van der Waals surface area contributed by atoms with Gasteiger partial charge in [-0.25, -0.2) is 4.39 Å². The van der Waals surface area contributed by atoms with Crippen LogP contribution in [0.25, 0.3) is 0 Å². The maximum atomic E-state index is 13.2. The van der Waals surface area contributed by atoms with Gasteiger partial charge in [0.1, 0.15) is 5.82 Å². The minimum absolute atomic E-state index is 0.269. The number of halogens is 1. The van der Waals surface area contributed by atoms with E-state index < -0.39 is 6.10 Å². The number of unbranched alkanes of at least 4 members (excludes halogenated alkanes) is 3. The monoisotopic (exact) mass is 283 g/mol. The highest BCUT2D eigenvalue weighted by Crippen LogP contribution is 2.13. The molecule has 0 bridgehead atoms. The van der Waals surface area contributed by atoms with E-state index in [2.05, 4.69) is 12.2 Å². The minimum Gasteiger partial charge on any atom is -0.389 e. The molecule has 2 N–H and O–H groups in total. The molecule has 0 aliphatic heterocycles. The Morgan fingerprint density at radius 1 is 1.25 bits per heavy atom. The van der Waals surface area contributed by atoms with Gasteiger partial charge in [-0.3, -0.25) is 0 Å². The summed E-state index contributed by atoms with van der Waals surface area (Å²) < 4.78 is 18.6. The molecular weight excluding hydrogens is 257 g/mol. The number of aliphatic hydroxyl groups is 1. The van der Waals surface area contributed by atoms with Crippen LogP contribution in [0.5, 0.6) is 0 Å². The molecule has 0 spiro atoms. The van der Waals surface area contributed by atoms with Crippen molar-refractivity contribution in [1.82, 2.24) is 0 Å². The second kappa shape index (κ2) is 9.72. The van der Waals surface area contributed by atoms with Crippen molar-refractivity contribution in [1.29, 1.82) is 0 Å². The number of ether oxygens (including phenoxy) is 1. The zero-order chi connectivity index (χ0) is 14.8. The van der Waals surface area contributed by atoms with Crippen LogP contribution in [0.3, 0.4) is 0 Å². The summed E-state index contributed by atoms with van der Waals surface area (Å²) >= 11 is 0. The van der Waals surface area contributed by atoms with Gasteiger partial charge in [0.15, 0.2) is 0 Å². The molecule has 1 aromatic carbocycles. The van der Waals surface area contributed by atoms with Gasteiger partial charge in [-0.15, -0.1) is 0 Å². The molecule has 0 saturated carbocycles. The van der Waals surface area contributed by atoms with Crippen molar-refractivity contribution in [2.24, 2.45) is 0 Å². The second-order valence-electron chi connectivity index (χ2n) is 5.19. The number of anilines is 1. The van der Waals surface area contributed by atoms with E-state index in [0.29, 0.717) is 25.4 Å². The SMILES string of the molecule is CCCCCCOCC(O)CNc1cc(C)cc(F)c1. The number of benzene rings is 1. The first kappa shape index (κ1) is 16.9. The zero-order valence-corrected chi connectivity index (χ0v) is 12.5. The average molecular weight is 283 g/mol. The van der Waals surface area contributed by atoms with E-state index in [1.165, 1.54) is 31.4 Å². The van der Waals surface area contributed by atoms with Crippen LogP contribution in [-0.2, 0) is 4.74 Å². The van der Waals surface area contributed by atoms with Gasteiger partial charge in [0, 0.05) is 18.8 Å². The normalized spacial score (nSPS) is 12.4. The minimum atomic E-state index is -0.579. The van der Waals surface area contributed by atoms with Gasteiger partial charge in [-0.2, -0.15) is 0 Å². The van der Waals surface area contributed by atoms with E-state index in [4.69, 9.17) is 4.74 Å². The molecule has 0 saturated heterocycles. The second-order valence-corrected chi connectivity index (χ2v) is 5.19. The molecule has 0 aliphatic carbocycles. The first-order valence-electron chi connectivity index (χ1n) is 7.38. The van der Waals surface area contributed by atoms with Crippen molar-refractivity contribution in [3.8, 4) is 0 Å². The van der Waals surface area contributed by atoms with Crippen LogP contribution in [0.1, 0.15) is 38.2 Å². The zero-order valence-electron chi connectivity index (χ0n) is 12.5. The topological polar surface area (TPSA) is 41.5 Å². The van der Waals surface area contributed by atoms with Crippen LogP contribution in [-0.4, -0.2) is 31.0 Å². The lowest BCUT2D eigenvalue weighted by atomic mass is 10.2. The fourth-order valence-electron chi connectivity index (χ4n) is 1.98. The quantitative estimate of drug-likeness (QED) is 0.646. The lowest BCUT2D eigenvalue weighted by Gasteiger charge is -2.13. The standard InChI is InChI=1S/C16H26FNO2/c1-3-4-5-6-7-20-12-16(19)11-18-15-9-13(2)8-14(17)10-15/h8-10,16,18-19H,3-7,11-12H2,1-2H3. The summed E-state index contributed by atoms with van der Waals surface area (Å²) in [5.41, 5.74) is 1.54. The molecule has 3 nitrogen and oxygen atoms in total. The van der Waals surface area contributed by atoms with Gasteiger partial charge >= 0.3 is 0 Å². The van der Waals surface area contributed by atoms with Crippen LogP contribution in [0.15, 0.2) is 18.2 Å². The van der Waals surface area contributed by atoms with Crippen molar-refractivity contribution in [2.75, 3.05) is 25.1 Å². The van der Waals surface area contributed by atoms with Crippen molar-refractivity contribution in [2.45, 2.75) is 45.6 Å². The van der Waals surface area contributed by atoms with Crippen LogP contribution < -0.4 is 5.32 Å². The van der Waals surface area contributed by atoms with Gasteiger partial charge in [0.2, 0.25) is 0 Å². The summed E-state index contributed by atoms with van der Waals surface area (Å²) in [5, 5.41) is 12.8. The predicted molar refractivity (Wildman–Crippen MR) is 80.6 cm³/mol. The highest BCUT2D eigenvalue weighted by atomic mass is 19.1. The highest BCUT2D eigenvalue weighted by molar-refractivity contribution is 5.46. The van der Waals surface area contributed by atoms with Gasteiger partial charge in [-0.05, 0) is 37.1 Å². The lowest BCUT2D eigenvalue weighted by Crippen LogP contribution is -2.25. The van der Waals surface area contributed by atoms with E-state index in [1.54, 1.807) is 0 Å². The molecule has 1 unspecified atom stereocenters.